The van der Waals surface area contributed by atoms with Crippen LogP contribution in [0.3, 0.4) is 0 Å². The summed E-state index contributed by atoms with van der Waals surface area (Å²) in [5.74, 6) is -2.37. The molecule has 8 heteroatoms. The zero-order valence-electron chi connectivity index (χ0n) is 14.8. The van der Waals surface area contributed by atoms with Crippen molar-refractivity contribution in [1.82, 2.24) is 10.2 Å². The lowest BCUT2D eigenvalue weighted by Gasteiger charge is -2.21. The van der Waals surface area contributed by atoms with Gasteiger partial charge in [-0.3, -0.25) is 19.3 Å². The van der Waals surface area contributed by atoms with Gasteiger partial charge in [0, 0.05) is 4.88 Å². The highest BCUT2D eigenvalue weighted by molar-refractivity contribution is 7.10. The lowest BCUT2D eigenvalue weighted by Crippen LogP contribution is -2.44. The summed E-state index contributed by atoms with van der Waals surface area (Å²) in [6.45, 7) is 2.74. The second kappa shape index (κ2) is 7.71. The molecule has 27 heavy (non-hydrogen) atoms. The summed E-state index contributed by atoms with van der Waals surface area (Å²) in [7, 11) is 0. The quantitative estimate of drug-likeness (QED) is 0.607. The Hall–Kier alpha value is -3.00. The Morgan fingerprint density at radius 3 is 2.26 bits per heavy atom. The Kier molecular flexibility index (Phi) is 5.36. The summed E-state index contributed by atoms with van der Waals surface area (Å²) in [6.07, 6.45) is 0. The van der Waals surface area contributed by atoms with E-state index >= 15 is 0 Å². The van der Waals surface area contributed by atoms with Gasteiger partial charge in [-0.25, -0.2) is 4.79 Å². The van der Waals surface area contributed by atoms with E-state index in [1.165, 1.54) is 30.4 Å². The standard InChI is InChI=1S/C19H18N2O5S/c1-11(15-8-5-9-27-15)20-16(22)10-26-19(25)12(2)21-17(23)13-6-3-4-7-14(13)18(21)24/h3-9,11-12H,10H2,1-2H3,(H,20,22)/t11-,12+/m0/s1. The third-order valence-electron chi connectivity index (χ3n) is 4.25. The average Bonchev–Trinajstić information content (AvgIpc) is 3.28. The largest absolute Gasteiger partial charge is 0.454 e. The maximum Gasteiger partial charge on any atom is 0.329 e. The molecule has 7 nitrogen and oxygen atoms in total. The third-order valence-corrected chi connectivity index (χ3v) is 5.30. The minimum atomic E-state index is -1.13. The smallest absolute Gasteiger partial charge is 0.329 e. The minimum Gasteiger partial charge on any atom is -0.454 e. The van der Waals surface area contributed by atoms with E-state index in [1.807, 2.05) is 24.4 Å². The van der Waals surface area contributed by atoms with Gasteiger partial charge in [-0.15, -0.1) is 11.3 Å². The highest BCUT2D eigenvalue weighted by Crippen LogP contribution is 2.24. The van der Waals surface area contributed by atoms with Gasteiger partial charge in [-0.1, -0.05) is 18.2 Å². The number of amides is 3. The minimum absolute atomic E-state index is 0.204. The van der Waals surface area contributed by atoms with Crippen molar-refractivity contribution in [2.24, 2.45) is 0 Å². The van der Waals surface area contributed by atoms with Gasteiger partial charge in [0.25, 0.3) is 17.7 Å². The molecule has 1 aromatic carbocycles. The number of fused-ring (bicyclic) bond motifs is 1. The average molecular weight is 386 g/mol. The number of nitrogens with zero attached hydrogens (tertiary/aromatic N) is 1. The molecule has 0 unspecified atom stereocenters. The van der Waals surface area contributed by atoms with E-state index in [1.54, 1.807) is 12.1 Å². The summed E-state index contributed by atoms with van der Waals surface area (Å²) in [5, 5.41) is 4.63. The van der Waals surface area contributed by atoms with Crippen molar-refractivity contribution in [1.29, 1.82) is 0 Å². The zero-order valence-corrected chi connectivity index (χ0v) is 15.6. The fourth-order valence-electron chi connectivity index (χ4n) is 2.81. The molecule has 0 fully saturated rings. The molecule has 0 saturated carbocycles. The molecule has 1 aliphatic heterocycles. The lowest BCUT2D eigenvalue weighted by atomic mass is 10.1. The summed E-state index contributed by atoms with van der Waals surface area (Å²) in [6, 6.07) is 8.81. The van der Waals surface area contributed by atoms with Gasteiger partial charge in [-0.05, 0) is 37.4 Å². The molecule has 140 valence electrons. The van der Waals surface area contributed by atoms with Crippen molar-refractivity contribution < 1.29 is 23.9 Å². The number of thiophene rings is 1. The Bertz CT molecular complexity index is 858. The Balaban J connectivity index is 1.56. The van der Waals surface area contributed by atoms with Crippen LogP contribution in [0.4, 0.5) is 0 Å². The van der Waals surface area contributed by atoms with Crippen LogP contribution >= 0.6 is 11.3 Å². The predicted molar refractivity (Wildman–Crippen MR) is 98.2 cm³/mol. The number of carbonyl (C=O) groups is 4. The number of carbonyl (C=O) groups excluding carboxylic acids is 4. The predicted octanol–water partition coefficient (Wildman–Crippen LogP) is 2.15. The molecule has 0 radical (unpaired) electrons. The maximum absolute atomic E-state index is 12.4. The maximum atomic E-state index is 12.4. The van der Waals surface area contributed by atoms with E-state index in [-0.39, 0.29) is 17.2 Å². The molecular weight excluding hydrogens is 368 g/mol. The summed E-state index contributed by atoms with van der Waals surface area (Å²) in [5.41, 5.74) is 0.509. The molecule has 0 spiro atoms. The van der Waals surface area contributed by atoms with Gasteiger partial charge in [-0.2, -0.15) is 0 Å². The lowest BCUT2D eigenvalue weighted by molar-refractivity contribution is -0.152. The van der Waals surface area contributed by atoms with Crippen LogP contribution in [0.25, 0.3) is 0 Å². The van der Waals surface area contributed by atoms with Crippen molar-refractivity contribution in [3.05, 3.63) is 57.8 Å². The van der Waals surface area contributed by atoms with Gasteiger partial charge in [0.1, 0.15) is 6.04 Å². The van der Waals surface area contributed by atoms with E-state index in [0.717, 1.165) is 9.78 Å². The van der Waals surface area contributed by atoms with Gasteiger partial charge in [0.15, 0.2) is 6.61 Å². The number of hydrogen-bond acceptors (Lipinski definition) is 6. The second-order valence-corrected chi connectivity index (χ2v) is 7.09. The number of benzene rings is 1. The molecule has 2 atom stereocenters. The first-order chi connectivity index (χ1) is 12.9. The van der Waals surface area contributed by atoms with Crippen LogP contribution in [0, 0.1) is 0 Å². The normalized spacial score (nSPS) is 15.3. The fraction of sp³-hybridized carbons (Fsp3) is 0.263. The van der Waals surface area contributed by atoms with E-state index in [9.17, 15) is 19.2 Å². The Labute approximate surface area is 159 Å². The van der Waals surface area contributed by atoms with Crippen molar-refractivity contribution in [3.63, 3.8) is 0 Å². The number of hydrogen-bond donors (Lipinski definition) is 1. The molecule has 3 rings (SSSR count). The van der Waals surface area contributed by atoms with Crippen LogP contribution in [0.1, 0.15) is 45.5 Å². The van der Waals surface area contributed by atoms with Crippen LogP contribution < -0.4 is 5.32 Å². The monoisotopic (exact) mass is 386 g/mol. The van der Waals surface area contributed by atoms with Crippen molar-refractivity contribution in [3.8, 4) is 0 Å². The van der Waals surface area contributed by atoms with Crippen LogP contribution in [-0.4, -0.2) is 41.2 Å². The van der Waals surface area contributed by atoms with Gasteiger partial charge in [0.2, 0.25) is 0 Å². The first-order valence-electron chi connectivity index (χ1n) is 8.36. The molecule has 2 heterocycles. The molecule has 1 aliphatic rings. The summed E-state index contributed by atoms with van der Waals surface area (Å²) >= 11 is 1.51. The highest BCUT2D eigenvalue weighted by Gasteiger charge is 2.41. The van der Waals surface area contributed by atoms with Gasteiger partial charge in [0.05, 0.1) is 17.2 Å². The second-order valence-electron chi connectivity index (χ2n) is 6.11. The van der Waals surface area contributed by atoms with Crippen LogP contribution in [0.15, 0.2) is 41.8 Å². The van der Waals surface area contributed by atoms with E-state index in [2.05, 4.69) is 5.32 Å². The third kappa shape index (κ3) is 3.75. The first kappa shape index (κ1) is 18.8. The number of esters is 1. The van der Waals surface area contributed by atoms with Crippen molar-refractivity contribution >= 4 is 35.0 Å². The number of nitrogens with one attached hydrogen (secondary N) is 1. The highest BCUT2D eigenvalue weighted by atomic mass is 32.1. The molecule has 1 aromatic heterocycles. The number of imide groups is 1. The topological polar surface area (TPSA) is 92.8 Å². The zero-order chi connectivity index (χ0) is 19.6. The SMILES string of the molecule is C[C@H](NC(=O)COC(=O)[C@@H](C)N1C(=O)c2ccccc2C1=O)c1cccs1. The Morgan fingerprint density at radius 2 is 1.70 bits per heavy atom. The van der Waals surface area contributed by atoms with E-state index < -0.39 is 36.3 Å². The van der Waals surface area contributed by atoms with Gasteiger partial charge >= 0.3 is 5.97 Å². The molecule has 0 saturated heterocycles. The van der Waals surface area contributed by atoms with Crippen molar-refractivity contribution in [2.75, 3.05) is 6.61 Å². The molecular formula is C19H18N2O5S. The van der Waals surface area contributed by atoms with Crippen LogP contribution in [0.5, 0.6) is 0 Å². The van der Waals surface area contributed by atoms with E-state index in [4.69, 9.17) is 4.74 Å². The fourth-order valence-corrected chi connectivity index (χ4v) is 3.55. The van der Waals surface area contributed by atoms with Crippen LogP contribution in [-0.2, 0) is 14.3 Å². The molecule has 0 aliphatic carbocycles. The summed E-state index contributed by atoms with van der Waals surface area (Å²) in [4.78, 5) is 50.8. The number of rotatable bonds is 6. The molecule has 2 aromatic rings. The van der Waals surface area contributed by atoms with E-state index in [0.29, 0.717) is 0 Å². The van der Waals surface area contributed by atoms with Crippen LogP contribution in [0.2, 0.25) is 0 Å². The molecule has 3 amide bonds. The number of ether oxygens (including phenoxy) is 1. The van der Waals surface area contributed by atoms with Gasteiger partial charge < -0.3 is 10.1 Å². The first-order valence-corrected chi connectivity index (χ1v) is 9.24. The summed E-state index contributed by atoms with van der Waals surface area (Å²) < 4.78 is 5.00. The molecule has 0 bridgehead atoms. The molecule has 1 N–H and O–H groups in total. The Morgan fingerprint density at radius 1 is 1.07 bits per heavy atom. The van der Waals surface area contributed by atoms with Crippen molar-refractivity contribution in [2.45, 2.75) is 25.9 Å².